The minimum atomic E-state index is 0.270. The molecule has 0 atom stereocenters. The second-order valence-corrected chi connectivity index (χ2v) is 4.19. The predicted octanol–water partition coefficient (Wildman–Crippen LogP) is -0.648. The van der Waals surface area contributed by atoms with Gasteiger partial charge in [0.1, 0.15) is 5.82 Å². The zero-order valence-electron chi connectivity index (χ0n) is 10.3. The molecule has 2 rings (SSSR count). The van der Waals surface area contributed by atoms with Gasteiger partial charge in [0.15, 0.2) is 0 Å². The average molecular weight is 238 g/mol. The molecule has 0 bridgehead atoms. The maximum absolute atomic E-state index is 5.67. The van der Waals surface area contributed by atoms with Crippen LogP contribution in [0.2, 0.25) is 0 Å². The van der Waals surface area contributed by atoms with E-state index in [0.29, 0.717) is 18.3 Å². The fraction of sp³-hybridized carbons (Fsp3) is 0.700. The van der Waals surface area contributed by atoms with E-state index in [0.717, 1.165) is 26.3 Å². The third-order valence-corrected chi connectivity index (χ3v) is 2.56. The van der Waals surface area contributed by atoms with Crippen molar-refractivity contribution < 1.29 is 4.74 Å². The van der Waals surface area contributed by atoms with Gasteiger partial charge in [-0.2, -0.15) is 15.0 Å². The number of rotatable bonds is 3. The molecule has 0 saturated carbocycles. The molecule has 0 unspecified atom stereocenters. The molecule has 0 aliphatic carbocycles. The van der Waals surface area contributed by atoms with Crippen molar-refractivity contribution in [2.75, 3.05) is 51.0 Å². The van der Waals surface area contributed by atoms with Crippen LogP contribution in [0.4, 0.5) is 11.9 Å². The lowest BCUT2D eigenvalue weighted by molar-refractivity contribution is 0.0330. The van der Waals surface area contributed by atoms with Crippen LogP contribution < -0.4 is 10.6 Å². The van der Waals surface area contributed by atoms with Gasteiger partial charge in [-0.1, -0.05) is 0 Å². The summed E-state index contributed by atoms with van der Waals surface area (Å²) in [6.07, 6.45) is 0. The van der Waals surface area contributed by atoms with Crippen LogP contribution in [0.15, 0.2) is 0 Å². The fourth-order valence-corrected chi connectivity index (χ4v) is 1.66. The lowest BCUT2D eigenvalue weighted by atomic mass is 10.4. The number of aromatic nitrogens is 3. The first kappa shape index (κ1) is 12.0. The molecule has 1 saturated heterocycles. The van der Waals surface area contributed by atoms with Crippen LogP contribution in [0.1, 0.15) is 5.82 Å². The van der Waals surface area contributed by atoms with Crippen LogP contribution in [-0.2, 0) is 11.3 Å². The van der Waals surface area contributed by atoms with Gasteiger partial charge in [-0.05, 0) is 0 Å². The van der Waals surface area contributed by atoms with Crippen LogP contribution in [0.3, 0.4) is 0 Å². The van der Waals surface area contributed by atoms with Crippen LogP contribution in [0.5, 0.6) is 0 Å². The summed E-state index contributed by atoms with van der Waals surface area (Å²) < 4.78 is 5.30. The van der Waals surface area contributed by atoms with Gasteiger partial charge in [-0.3, -0.25) is 4.90 Å². The van der Waals surface area contributed by atoms with Crippen molar-refractivity contribution in [2.45, 2.75) is 6.54 Å². The molecule has 1 fully saturated rings. The molecule has 1 aliphatic heterocycles. The number of nitrogens with two attached hydrogens (primary N) is 1. The average Bonchev–Trinajstić information content (AvgIpc) is 2.29. The zero-order valence-corrected chi connectivity index (χ0v) is 10.3. The summed E-state index contributed by atoms with van der Waals surface area (Å²) in [5.41, 5.74) is 5.67. The van der Waals surface area contributed by atoms with E-state index in [1.54, 1.807) is 0 Å². The molecule has 7 nitrogen and oxygen atoms in total. The largest absolute Gasteiger partial charge is 0.379 e. The van der Waals surface area contributed by atoms with Crippen molar-refractivity contribution in [1.29, 1.82) is 0 Å². The third kappa shape index (κ3) is 3.24. The van der Waals surface area contributed by atoms with E-state index in [2.05, 4.69) is 19.9 Å². The van der Waals surface area contributed by atoms with Crippen molar-refractivity contribution in [3.63, 3.8) is 0 Å². The van der Waals surface area contributed by atoms with Crippen LogP contribution in [0.25, 0.3) is 0 Å². The molecule has 7 heteroatoms. The molecule has 1 aromatic rings. The molecule has 1 aliphatic rings. The smallest absolute Gasteiger partial charge is 0.229 e. The molecule has 2 heterocycles. The lowest BCUT2D eigenvalue weighted by Gasteiger charge is -2.25. The number of morpholine rings is 1. The van der Waals surface area contributed by atoms with Gasteiger partial charge >= 0.3 is 0 Å². The Morgan fingerprint density at radius 2 is 1.94 bits per heavy atom. The highest BCUT2D eigenvalue weighted by Crippen LogP contribution is 2.08. The van der Waals surface area contributed by atoms with E-state index >= 15 is 0 Å². The van der Waals surface area contributed by atoms with Gasteiger partial charge in [0.25, 0.3) is 0 Å². The molecule has 17 heavy (non-hydrogen) atoms. The third-order valence-electron chi connectivity index (χ3n) is 2.56. The number of ether oxygens (including phenoxy) is 1. The normalized spacial score (nSPS) is 17.1. The molecule has 2 N–H and O–H groups in total. The Morgan fingerprint density at radius 3 is 2.59 bits per heavy atom. The molecular formula is C10H18N6O. The fourth-order valence-electron chi connectivity index (χ4n) is 1.66. The summed E-state index contributed by atoms with van der Waals surface area (Å²) in [5, 5.41) is 0. The second kappa shape index (κ2) is 5.24. The van der Waals surface area contributed by atoms with Crippen molar-refractivity contribution in [1.82, 2.24) is 19.9 Å². The SMILES string of the molecule is CN(C)c1nc(N)nc(CN2CCOCC2)n1. The zero-order chi connectivity index (χ0) is 12.3. The van der Waals surface area contributed by atoms with E-state index < -0.39 is 0 Å². The maximum atomic E-state index is 5.67. The highest BCUT2D eigenvalue weighted by Gasteiger charge is 2.14. The first-order valence-electron chi connectivity index (χ1n) is 5.63. The van der Waals surface area contributed by atoms with Crippen LogP contribution in [-0.4, -0.2) is 60.3 Å². The summed E-state index contributed by atoms with van der Waals surface area (Å²) in [7, 11) is 3.76. The van der Waals surface area contributed by atoms with Gasteiger partial charge in [-0.15, -0.1) is 0 Å². The van der Waals surface area contributed by atoms with E-state index in [1.165, 1.54) is 0 Å². The predicted molar refractivity (Wildman–Crippen MR) is 64.7 cm³/mol. The molecular weight excluding hydrogens is 220 g/mol. The van der Waals surface area contributed by atoms with Crippen LogP contribution >= 0.6 is 0 Å². The standard InChI is InChI=1S/C10H18N6O/c1-15(2)10-13-8(12-9(11)14-10)7-16-3-5-17-6-4-16/h3-7H2,1-2H3,(H2,11,12,13,14). The number of nitrogens with zero attached hydrogens (tertiary/aromatic N) is 5. The van der Waals surface area contributed by atoms with E-state index in [9.17, 15) is 0 Å². The van der Waals surface area contributed by atoms with Gasteiger partial charge in [0, 0.05) is 27.2 Å². The van der Waals surface area contributed by atoms with Crippen molar-refractivity contribution in [2.24, 2.45) is 0 Å². The number of nitrogen functional groups attached to an aromatic ring is 1. The van der Waals surface area contributed by atoms with Crippen molar-refractivity contribution in [3.05, 3.63) is 5.82 Å². The minimum Gasteiger partial charge on any atom is -0.379 e. The van der Waals surface area contributed by atoms with Gasteiger partial charge in [0.2, 0.25) is 11.9 Å². The number of anilines is 2. The van der Waals surface area contributed by atoms with Crippen molar-refractivity contribution in [3.8, 4) is 0 Å². The summed E-state index contributed by atoms with van der Waals surface area (Å²) in [6, 6.07) is 0. The maximum Gasteiger partial charge on any atom is 0.229 e. The Bertz CT molecular complexity index is 377. The van der Waals surface area contributed by atoms with Crippen LogP contribution in [0, 0.1) is 0 Å². The molecule has 0 amide bonds. The lowest BCUT2D eigenvalue weighted by Crippen LogP contribution is -2.36. The Hall–Kier alpha value is -1.47. The summed E-state index contributed by atoms with van der Waals surface area (Å²) >= 11 is 0. The highest BCUT2D eigenvalue weighted by atomic mass is 16.5. The topological polar surface area (TPSA) is 80.4 Å². The monoisotopic (exact) mass is 238 g/mol. The number of hydrogen-bond donors (Lipinski definition) is 1. The Labute approximate surface area is 101 Å². The molecule has 1 aromatic heterocycles. The first-order chi connectivity index (χ1) is 8.15. The van der Waals surface area contributed by atoms with Gasteiger partial charge < -0.3 is 15.4 Å². The molecule has 0 spiro atoms. The van der Waals surface area contributed by atoms with E-state index in [4.69, 9.17) is 10.5 Å². The molecule has 0 aromatic carbocycles. The van der Waals surface area contributed by atoms with Crippen molar-refractivity contribution >= 4 is 11.9 Å². The van der Waals surface area contributed by atoms with Gasteiger partial charge in [-0.25, -0.2) is 0 Å². The Kier molecular flexibility index (Phi) is 3.70. The molecule has 94 valence electrons. The van der Waals surface area contributed by atoms with Gasteiger partial charge in [0.05, 0.1) is 19.8 Å². The van der Waals surface area contributed by atoms with E-state index in [-0.39, 0.29) is 5.95 Å². The summed E-state index contributed by atoms with van der Waals surface area (Å²) in [5.74, 6) is 1.58. The van der Waals surface area contributed by atoms with E-state index in [1.807, 2.05) is 19.0 Å². The first-order valence-corrected chi connectivity index (χ1v) is 5.63. The Balaban J connectivity index is 2.09. The quantitative estimate of drug-likeness (QED) is 0.749. The highest BCUT2D eigenvalue weighted by molar-refractivity contribution is 5.32. The summed E-state index contributed by atoms with van der Waals surface area (Å²) in [6.45, 7) is 4.03. The molecule has 0 radical (unpaired) electrons. The Morgan fingerprint density at radius 1 is 1.24 bits per heavy atom. The second-order valence-electron chi connectivity index (χ2n) is 4.19. The number of hydrogen-bond acceptors (Lipinski definition) is 7. The summed E-state index contributed by atoms with van der Waals surface area (Å²) in [4.78, 5) is 16.7. The minimum absolute atomic E-state index is 0.270.